The quantitative estimate of drug-likeness (QED) is 0.299. The Labute approximate surface area is 138 Å². The van der Waals surface area contributed by atoms with E-state index >= 15 is 0 Å². The molecule has 0 spiro atoms. The van der Waals surface area contributed by atoms with Gasteiger partial charge in [0.15, 0.2) is 5.11 Å². The van der Waals surface area contributed by atoms with Gasteiger partial charge in [0.2, 0.25) is 0 Å². The smallest absolute Gasteiger partial charge is 0.271 e. The van der Waals surface area contributed by atoms with E-state index in [4.69, 9.17) is 17.0 Å². The van der Waals surface area contributed by atoms with Gasteiger partial charge in [0.05, 0.1) is 30.4 Å². The second-order valence-electron chi connectivity index (χ2n) is 5.27. The van der Waals surface area contributed by atoms with Crippen molar-refractivity contribution in [1.82, 2.24) is 5.32 Å². The Bertz CT molecular complexity index is 567. The van der Waals surface area contributed by atoms with Gasteiger partial charge in [-0.15, -0.1) is 0 Å². The highest BCUT2D eigenvalue weighted by Crippen LogP contribution is 2.20. The van der Waals surface area contributed by atoms with Crippen molar-refractivity contribution in [2.45, 2.75) is 6.42 Å². The number of nitrogens with zero attached hydrogens (tertiary/aromatic N) is 1. The van der Waals surface area contributed by atoms with Crippen LogP contribution in [0.25, 0.3) is 0 Å². The van der Waals surface area contributed by atoms with Gasteiger partial charge in [-0.05, 0) is 18.3 Å². The summed E-state index contributed by atoms with van der Waals surface area (Å²) in [5.74, 6) is -0.586. The van der Waals surface area contributed by atoms with Gasteiger partial charge in [0.1, 0.15) is 18.9 Å². The molecule has 1 aromatic carbocycles. The molecule has 0 aromatic heterocycles. The molecule has 1 saturated heterocycles. The maximum absolute atomic E-state index is 13.6. The third-order valence-electron chi connectivity index (χ3n) is 3.60. The predicted molar refractivity (Wildman–Crippen MR) is 88.3 cm³/mol. The number of rotatable bonds is 6. The molecule has 1 aliphatic heterocycles. The maximum Gasteiger partial charge on any atom is 0.271 e. The number of nitro benzene ring substituents is 1. The number of nitrogens with one attached hydrogen (secondary N) is 3. The molecule has 0 radical (unpaired) electrons. The summed E-state index contributed by atoms with van der Waals surface area (Å²) in [7, 11) is 0. The number of hydrogen-bond donors (Lipinski definition) is 3. The minimum Gasteiger partial charge on any atom is -0.370 e. The first-order chi connectivity index (χ1) is 11.1. The molecule has 1 aliphatic rings. The summed E-state index contributed by atoms with van der Waals surface area (Å²) in [5.41, 5.74) is -0.192. The van der Waals surface area contributed by atoms with Crippen molar-refractivity contribution in [2.75, 3.05) is 44.7 Å². The molecule has 9 heteroatoms. The van der Waals surface area contributed by atoms with E-state index < -0.39 is 10.7 Å². The molecule has 1 fully saturated rings. The molecule has 3 N–H and O–H groups in total. The van der Waals surface area contributed by atoms with E-state index in [1.807, 2.05) is 0 Å². The Morgan fingerprint density at radius 1 is 1.43 bits per heavy atom. The van der Waals surface area contributed by atoms with Crippen LogP contribution >= 0.6 is 12.2 Å². The van der Waals surface area contributed by atoms with E-state index in [1.165, 1.54) is 4.90 Å². The third-order valence-corrected chi connectivity index (χ3v) is 3.85. The van der Waals surface area contributed by atoms with Gasteiger partial charge in [0.25, 0.3) is 5.69 Å². The summed E-state index contributed by atoms with van der Waals surface area (Å²) in [6.07, 6.45) is 0.925. The fourth-order valence-corrected chi connectivity index (χ4v) is 2.55. The molecule has 0 saturated carbocycles. The SMILES string of the molecule is O=[N+]([O-])c1ccc(F)c(NC(=S)NCCC[NH+]2CCOCC2)c1. The lowest BCUT2D eigenvalue weighted by molar-refractivity contribution is -0.908. The average Bonchev–Trinajstić information content (AvgIpc) is 2.54. The molecule has 126 valence electrons. The standard InChI is InChI=1S/C14H19FN4O3S/c15-12-3-2-11(19(20)21)10-13(12)17-14(23)16-4-1-5-18-6-8-22-9-7-18/h2-3,10H,1,4-9H2,(H2,16,17,23)/p+1. The van der Waals surface area contributed by atoms with E-state index in [2.05, 4.69) is 10.6 Å². The van der Waals surface area contributed by atoms with Crippen LogP contribution in [-0.4, -0.2) is 49.4 Å². The maximum atomic E-state index is 13.6. The summed E-state index contributed by atoms with van der Waals surface area (Å²) < 4.78 is 18.9. The number of non-ortho nitro benzene ring substituents is 1. The van der Waals surface area contributed by atoms with Crippen molar-refractivity contribution < 1.29 is 19.0 Å². The summed E-state index contributed by atoms with van der Waals surface area (Å²) in [6, 6.07) is 3.29. The Hall–Kier alpha value is -1.84. The number of morpholine rings is 1. The molecule has 23 heavy (non-hydrogen) atoms. The summed E-state index contributed by atoms with van der Waals surface area (Å²) in [6.45, 7) is 5.31. The zero-order valence-electron chi connectivity index (χ0n) is 12.6. The molecule has 0 amide bonds. The molecule has 2 rings (SSSR count). The van der Waals surface area contributed by atoms with Crippen molar-refractivity contribution in [1.29, 1.82) is 0 Å². The van der Waals surface area contributed by atoms with Gasteiger partial charge in [-0.1, -0.05) is 0 Å². The number of quaternary nitrogens is 1. The van der Waals surface area contributed by atoms with Crippen LogP contribution in [0.4, 0.5) is 15.8 Å². The van der Waals surface area contributed by atoms with Crippen LogP contribution in [0.1, 0.15) is 6.42 Å². The minimum absolute atomic E-state index is 0.00416. The summed E-state index contributed by atoms with van der Waals surface area (Å²) >= 11 is 5.09. The van der Waals surface area contributed by atoms with Crippen LogP contribution in [0.3, 0.4) is 0 Å². The Kier molecular flexibility index (Phi) is 6.63. The van der Waals surface area contributed by atoms with Crippen molar-refractivity contribution in [3.8, 4) is 0 Å². The summed E-state index contributed by atoms with van der Waals surface area (Å²) in [5, 5.41) is 16.6. The Balaban J connectivity index is 1.74. The number of thiocarbonyl (C=S) groups is 1. The van der Waals surface area contributed by atoms with E-state index in [0.29, 0.717) is 6.54 Å². The number of nitro groups is 1. The number of hydrogen-bond acceptors (Lipinski definition) is 4. The Morgan fingerprint density at radius 2 is 2.17 bits per heavy atom. The van der Waals surface area contributed by atoms with Crippen molar-refractivity contribution in [3.63, 3.8) is 0 Å². The predicted octanol–water partition coefficient (Wildman–Crippen LogP) is 0.326. The fourth-order valence-electron chi connectivity index (χ4n) is 2.34. The number of benzene rings is 1. The largest absolute Gasteiger partial charge is 0.370 e. The van der Waals surface area contributed by atoms with Crippen LogP contribution < -0.4 is 15.5 Å². The zero-order chi connectivity index (χ0) is 16.7. The molecule has 0 unspecified atom stereocenters. The highest BCUT2D eigenvalue weighted by molar-refractivity contribution is 7.80. The van der Waals surface area contributed by atoms with Crippen LogP contribution in [0.5, 0.6) is 0 Å². The second-order valence-corrected chi connectivity index (χ2v) is 5.68. The highest BCUT2D eigenvalue weighted by Gasteiger charge is 2.13. The molecular formula is C14H20FN4O3S+. The molecule has 1 heterocycles. The van der Waals surface area contributed by atoms with Gasteiger partial charge >= 0.3 is 0 Å². The van der Waals surface area contributed by atoms with Gasteiger partial charge in [-0.2, -0.15) is 0 Å². The summed E-state index contributed by atoms with van der Waals surface area (Å²) in [4.78, 5) is 11.6. The first kappa shape index (κ1) is 17.5. The lowest BCUT2D eigenvalue weighted by Crippen LogP contribution is -3.14. The van der Waals surface area contributed by atoms with E-state index in [-0.39, 0.29) is 16.5 Å². The molecule has 0 bridgehead atoms. The minimum atomic E-state index is -0.586. The van der Waals surface area contributed by atoms with Crippen molar-refractivity contribution in [3.05, 3.63) is 34.1 Å². The number of anilines is 1. The average molecular weight is 343 g/mol. The first-order valence-electron chi connectivity index (χ1n) is 7.46. The zero-order valence-corrected chi connectivity index (χ0v) is 13.5. The van der Waals surface area contributed by atoms with Crippen LogP contribution in [0.15, 0.2) is 18.2 Å². The van der Waals surface area contributed by atoms with E-state index in [9.17, 15) is 14.5 Å². The van der Waals surface area contributed by atoms with Gasteiger partial charge in [-0.3, -0.25) is 10.1 Å². The molecule has 7 nitrogen and oxygen atoms in total. The molecule has 0 aliphatic carbocycles. The van der Waals surface area contributed by atoms with Crippen LogP contribution in [0, 0.1) is 15.9 Å². The van der Waals surface area contributed by atoms with Gasteiger partial charge in [0, 0.05) is 25.1 Å². The fraction of sp³-hybridized carbons (Fsp3) is 0.500. The second kappa shape index (κ2) is 8.70. The topological polar surface area (TPSA) is 80.9 Å². The van der Waals surface area contributed by atoms with E-state index in [0.717, 1.165) is 57.5 Å². The molecule has 1 aromatic rings. The lowest BCUT2D eigenvalue weighted by atomic mass is 10.2. The first-order valence-corrected chi connectivity index (χ1v) is 7.87. The monoisotopic (exact) mass is 343 g/mol. The van der Waals surface area contributed by atoms with Gasteiger partial charge < -0.3 is 20.3 Å². The van der Waals surface area contributed by atoms with Crippen LogP contribution in [-0.2, 0) is 4.74 Å². The van der Waals surface area contributed by atoms with Gasteiger partial charge in [-0.25, -0.2) is 4.39 Å². The third kappa shape index (κ3) is 5.70. The van der Waals surface area contributed by atoms with Crippen LogP contribution in [0.2, 0.25) is 0 Å². The number of ether oxygens (including phenoxy) is 1. The normalized spacial score (nSPS) is 15.2. The van der Waals surface area contributed by atoms with E-state index in [1.54, 1.807) is 0 Å². The van der Waals surface area contributed by atoms with Crippen molar-refractivity contribution >= 4 is 28.7 Å². The highest BCUT2D eigenvalue weighted by atomic mass is 32.1. The Morgan fingerprint density at radius 3 is 2.87 bits per heavy atom. The molecule has 0 atom stereocenters. The lowest BCUT2D eigenvalue weighted by Gasteiger charge is -2.23. The molecular weight excluding hydrogens is 323 g/mol. The van der Waals surface area contributed by atoms with Crippen molar-refractivity contribution in [2.24, 2.45) is 0 Å². The number of halogens is 1.